The van der Waals surface area contributed by atoms with Gasteiger partial charge in [0.2, 0.25) is 0 Å². The summed E-state index contributed by atoms with van der Waals surface area (Å²) in [7, 11) is 0. The molecule has 0 atom stereocenters. The van der Waals surface area contributed by atoms with Crippen molar-refractivity contribution in [3.8, 4) is 0 Å². The van der Waals surface area contributed by atoms with E-state index in [-0.39, 0.29) is 11.6 Å². The molecule has 1 aromatic rings. The number of aromatic carboxylic acids is 1. The number of hydrogen-bond acceptors (Lipinski definition) is 3. The highest BCUT2D eigenvalue weighted by molar-refractivity contribution is 7.97. The van der Waals surface area contributed by atoms with Crippen LogP contribution in [-0.2, 0) is 0 Å². The Balaban J connectivity index is 2.73. The molecule has 1 rings (SSSR count). The van der Waals surface area contributed by atoms with E-state index in [1.165, 1.54) is 12.1 Å². The van der Waals surface area contributed by atoms with Gasteiger partial charge < -0.3 is 10.4 Å². The van der Waals surface area contributed by atoms with E-state index in [4.69, 9.17) is 5.11 Å². The number of carbonyl (C=O) groups is 2. The first kappa shape index (κ1) is 11.4. The minimum atomic E-state index is -1.02. The number of amides is 2. The van der Waals surface area contributed by atoms with Crippen LogP contribution in [0.2, 0.25) is 0 Å². The van der Waals surface area contributed by atoms with Crippen molar-refractivity contribution in [2.45, 2.75) is 0 Å². The Morgan fingerprint density at radius 3 is 2.73 bits per heavy atom. The fraction of sp³-hybridized carbons (Fsp3) is 0.111. The van der Waals surface area contributed by atoms with Crippen LogP contribution in [0.5, 0.6) is 0 Å². The van der Waals surface area contributed by atoms with Crippen molar-refractivity contribution in [3.05, 3.63) is 29.8 Å². The molecule has 5 nitrogen and oxygen atoms in total. The fourth-order valence-corrected chi connectivity index (χ4v) is 1.22. The first-order valence-corrected chi connectivity index (χ1v) is 5.29. The number of urea groups is 1. The zero-order chi connectivity index (χ0) is 11.3. The molecule has 2 amide bonds. The zero-order valence-electron chi connectivity index (χ0n) is 7.98. The molecule has 0 radical (unpaired) electrons. The second-order valence-electron chi connectivity index (χ2n) is 2.65. The van der Waals surface area contributed by atoms with Crippen LogP contribution >= 0.6 is 11.9 Å². The largest absolute Gasteiger partial charge is 0.478 e. The Morgan fingerprint density at radius 2 is 2.13 bits per heavy atom. The molecule has 0 spiro atoms. The summed E-state index contributed by atoms with van der Waals surface area (Å²) < 4.78 is 2.46. The van der Waals surface area contributed by atoms with Crippen LogP contribution in [0.25, 0.3) is 0 Å². The normalized spacial score (nSPS) is 9.40. The van der Waals surface area contributed by atoms with Crippen molar-refractivity contribution >= 4 is 29.6 Å². The average molecular weight is 226 g/mol. The summed E-state index contributed by atoms with van der Waals surface area (Å²) in [6.45, 7) is 0. The van der Waals surface area contributed by atoms with Gasteiger partial charge in [-0.1, -0.05) is 18.0 Å². The van der Waals surface area contributed by atoms with Gasteiger partial charge in [-0.05, 0) is 18.2 Å². The Hall–Kier alpha value is -1.69. The van der Waals surface area contributed by atoms with Crippen molar-refractivity contribution in [1.29, 1.82) is 0 Å². The second kappa shape index (κ2) is 5.26. The number of benzene rings is 1. The number of nitrogens with one attached hydrogen (secondary N) is 2. The van der Waals surface area contributed by atoms with Crippen LogP contribution in [0, 0.1) is 0 Å². The highest BCUT2D eigenvalue weighted by Crippen LogP contribution is 2.10. The lowest BCUT2D eigenvalue weighted by Crippen LogP contribution is -2.22. The van der Waals surface area contributed by atoms with E-state index in [9.17, 15) is 9.59 Å². The van der Waals surface area contributed by atoms with Gasteiger partial charge in [-0.25, -0.2) is 9.59 Å². The van der Waals surface area contributed by atoms with Crippen LogP contribution in [0.15, 0.2) is 24.3 Å². The third-order valence-corrected chi connectivity index (χ3v) is 1.95. The molecule has 0 saturated heterocycles. The first-order chi connectivity index (χ1) is 7.13. The minimum absolute atomic E-state index is 0.136. The lowest BCUT2D eigenvalue weighted by atomic mass is 10.2. The first-order valence-electron chi connectivity index (χ1n) is 4.07. The fourth-order valence-electron chi connectivity index (χ4n) is 0.979. The number of carbonyl (C=O) groups excluding carboxylic acids is 1. The Kier molecular flexibility index (Phi) is 3.99. The highest BCUT2D eigenvalue weighted by atomic mass is 32.2. The molecule has 6 heteroatoms. The maximum atomic E-state index is 11.1. The molecule has 0 bridgehead atoms. The average Bonchev–Trinajstić information content (AvgIpc) is 2.18. The number of carboxylic acids is 1. The third-order valence-electron chi connectivity index (χ3n) is 1.56. The van der Waals surface area contributed by atoms with E-state index in [0.29, 0.717) is 5.69 Å². The second-order valence-corrected chi connectivity index (χ2v) is 3.26. The molecule has 3 N–H and O–H groups in total. The minimum Gasteiger partial charge on any atom is -0.478 e. The van der Waals surface area contributed by atoms with Crippen LogP contribution in [0.3, 0.4) is 0 Å². The quantitative estimate of drug-likeness (QED) is 0.686. The molecule has 80 valence electrons. The van der Waals surface area contributed by atoms with Gasteiger partial charge in [0.15, 0.2) is 0 Å². The summed E-state index contributed by atoms with van der Waals surface area (Å²) in [6, 6.07) is 5.65. The smallest absolute Gasteiger partial charge is 0.335 e. The molecule has 0 fully saturated rings. The van der Waals surface area contributed by atoms with E-state index in [1.807, 2.05) is 0 Å². The van der Waals surface area contributed by atoms with Gasteiger partial charge in [-0.3, -0.25) is 4.72 Å². The molecule has 1 aromatic carbocycles. The van der Waals surface area contributed by atoms with E-state index in [0.717, 1.165) is 11.9 Å². The van der Waals surface area contributed by atoms with Crippen molar-refractivity contribution in [3.63, 3.8) is 0 Å². The number of anilines is 1. The van der Waals surface area contributed by atoms with Crippen molar-refractivity contribution in [2.24, 2.45) is 0 Å². The molecule has 0 heterocycles. The molecule has 0 aliphatic rings. The molecule has 0 aromatic heterocycles. The van der Waals surface area contributed by atoms with E-state index >= 15 is 0 Å². The monoisotopic (exact) mass is 226 g/mol. The van der Waals surface area contributed by atoms with Crippen LogP contribution < -0.4 is 10.0 Å². The van der Waals surface area contributed by atoms with Gasteiger partial charge in [0.05, 0.1) is 5.56 Å². The lowest BCUT2D eigenvalue weighted by molar-refractivity contribution is 0.0697. The molecule has 0 aliphatic heterocycles. The van der Waals surface area contributed by atoms with E-state index in [1.54, 1.807) is 18.4 Å². The summed E-state index contributed by atoms with van der Waals surface area (Å²) in [5.41, 5.74) is 0.582. The molecular weight excluding hydrogens is 216 g/mol. The lowest BCUT2D eigenvalue weighted by Gasteiger charge is -2.05. The van der Waals surface area contributed by atoms with E-state index in [2.05, 4.69) is 10.0 Å². The van der Waals surface area contributed by atoms with Gasteiger partial charge in [-0.15, -0.1) is 0 Å². The summed E-state index contributed by atoms with van der Waals surface area (Å²) >= 11 is 1.16. The summed E-state index contributed by atoms with van der Waals surface area (Å²) in [5.74, 6) is -1.02. The zero-order valence-corrected chi connectivity index (χ0v) is 8.80. The van der Waals surface area contributed by atoms with Crippen LogP contribution in [0.1, 0.15) is 10.4 Å². The predicted molar refractivity (Wildman–Crippen MR) is 59.1 cm³/mol. The van der Waals surface area contributed by atoms with Crippen molar-refractivity contribution in [2.75, 3.05) is 11.6 Å². The number of rotatable bonds is 3. The standard InChI is InChI=1S/C9H10N2O3S/c1-15-11-9(14)10-7-4-2-3-6(5-7)8(12)13/h2-5H,1H3,(H,12,13)(H2,10,11,14). The maximum absolute atomic E-state index is 11.1. The SMILES string of the molecule is CSNC(=O)Nc1cccc(C(=O)O)c1. The van der Waals surface area contributed by atoms with Crippen molar-refractivity contribution < 1.29 is 14.7 Å². The van der Waals surface area contributed by atoms with Gasteiger partial charge in [0.25, 0.3) is 0 Å². The summed E-state index contributed by atoms with van der Waals surface area (Å²) in [6.07, 6.45) is 1.72. The highest BCUT2D eigenvalue weighted by Gasteiger charge is 2.04. The van der Waals surface area contributed by atoms with Gasteiger partial charge in [0.1, 0.15) is 0 Å². The Morgan fingerprint density at radius 1 is 1.40 bits per heavy atom. The van der Waals surface area contributed by atoms with Gasteiger partial charge >= 0.3 is 12.0 Å². The molecule has 15 heavy (non-hydrogen) atoms. The molecule has 0 aliphatic carbocycles. The van der Waals surface area contributed by atoms with Crippen LogP contribution in [0.4, 0.5) is 10.5 Å². The molecule has 0 saturated carbocycles. The summed E-state index contributed by atoms with van der Waals surface area (Å²) in [4.78, 5) is 21.7. The molecular formula is C9H10N2O3S. The topological polar surface area (TPSA) is 78.4 Å². The van der Waals surface area contributed by atoms with Crippen LogP contribution in [-0.4, -0.2) is 23.4 Å². The number of carboxylic acid groups (broad SMARTS) is 1. The predicted octanol–water partition coefficient (Wildman–Crippen LogP) is 1.78. The maximum Gasteiger partial charge on any atom is 0.335 e. The summed E-state index contributed by atoms with van der Waals surface area (Å²) in [5, 5.41) is 11.2. The van der Waals surface area contributed by atoms with E-state index < -0.39 is 5.97 Å². The third kappa shape index (κ3) is 3.51. The Labute approximate surface area is 91.0 Å². The molecule has 0 unspecified atom stereocenters. The van der Waals surface area contributed by atoms with Gasteiger partial charge in [0, 0.05) is 11.9 Å². The van der Waals surface area contributed by atoms with Crippen molar-refractivity contribution in [1.82, 2.24) is 4.72 Å². The Bertz CT molecular complexity index is 381. The number of hydrogen-bond donors (Lipinski definition) is 3. The van der Waals surface area contributed by atoms with Gasteiger partial charge in [-0.2, -0.15) is 0 Å².